The lowest BCUT2D eigenvalue weighted by Crippen LogP contribution is -2.16. The Kier molecular flexibility index (Phi) is 4.89. The first-order valence-corrected chi connectivity index (χ1v) is 7.59. The molecule has 6 nitrogen and oxygen atoms in total. The average molecular weight is 381 g/mol. The van der Waals surface area contributed by atoms with Crippen molar-refractivity contribution >= 4 is 12.1 Å². The first kappa shape index (κ1) is 18.5. The van der Waals surface area contributed by atoms with Gasteiger partial charge in [-0.15, -0.1) is 0 Å². The molecule has 0 amide bonds. The largest absolute Gasteiger partial charge is 0.464 e. The van der Waals surface area contributed by atoms with E-state index in [1.54, 1.807) is 5.10 Å². The fourth-order valence-electron chi connectivity index (χ4n) is 2.44. The van der Waals surface area contributed by atoms with E-state index in [4.69, 9.17) is 4.42 Å². The molecule has 0 aliphatic rings. The van der Waals surface area contributed by atoms with Gasteiger partial charge >= 0.3 is 6.18 Å². The number of aromatic nitrogens is 3. The Labute approximate surface area is 149 Å². The lowest BCUT2D eigenvalue weighted by atomic mass is 10.0. The number of nitrogens with one attached hydrogen (secondary N) is 1. The molecule has 3 aromatic rings. The Bertz CT molecular complexity index is 960. The third kappa shape index (κ3) is 4.10. The fraction of sp³-hybridized carbons (Fsp3) is 0.176. The van der Waals surface area contributed by atoms with E-state index in [0.717, 1.165) is 0 Å². The maximum absolute atomic E-state index is 12.9. The quantitative estimate of drug-likeness (QED) is 0.403. The Morgan fingerprint density at radius 3 is 2.48 bits per heavy atom. The van der Waals surface area contributed by atoms with Crippen molar-refractivity contribution in [1.29, 1.82) is 0 Å². The molecule has 1 atom stereocenters. The zero-order valence-corrected chi connectivity index (χ0v) is 13.5. The second-order valence-electron chi connectivity index (χ2n) is 5.60. The molecule has 27 heavy (non-hydrogen) atoms. The number of hydrogen-bond acceptors (Lipinski definition) is 5. The highest BCUT2D eigenvalue weighted by atomic mass is 19.4. The standard InChI is InChI=1S/C17H11F4N3O3/c18-10-3-1-9(2-4-10)7-11-5-6-13(27-11)14(12(26)8-25)15-22-16(24-23-15)17(19,20)21/h1-6,8,14H,7H2,(H,22,23,24). The summed E-state index contributed by atoms with van der Waals surface area (Å²) in [6.07, 6.45) is -4.56. The van der Waals surface area contributed by atoms with Gasteiger partial charge in [-0.1, -0.05) is 12.1 Å². The first-order chi connectivity index (χ1) is 12.8. The Balaban J connectivity index is 1.89. The number of H-pyrrole nitrogens is 1. The van der Waals surface area contributed by atoms with Crippen molar-refractivity contribution in [2.75, 3.05) is 0 Å². The predicted molar refractivity (Wildman–Crippen MR) is 82.2 cm³/mol. The molecule has 0 radical (unpaired) electrons. The number of alkyl halides is 3. The lowest BCUT2D eigenvalue weighted by Gasteiger charge is -2.06. The van der Waals surface area contributed by atoms with Crippen molar-refractivity contribution in [3.05, 3.63) is 70.9 Å². The number of benzene rings is 1. The van der Waals surface area contributed by atoms with E-state index in [0.29, 0.717) is 11.3 Å². The van der Waals surface area contributed by atoms with E-state index in [2.05, 4.69) is 10.1 Å². The van der Waals surface area contributed by atoms with Gasteiger partial charge in [0.25, 0.3) is 0 Å². The van der Waals surface area contributed by atoms with Gasteiger partial charge in [0.15, 0.2) is 12.1 Å². The molecule has 0 saturated heterocycles. The fourth-order valence-corrected chi connectivity index (χ4v) is 2.44. The molecule has 1 N–H and O–H groups in total. The van der Waals surface area contributed by atoms with Crippen LogP contribution in [0.25, 0.3) is 0 Å². The summed E-state index contributed by atoms with van der Waals surface area (Å²) in [6, 6.07) is 8.47. The summed E-state index contributed by atoms with van der Waals surface area (Å²) in [5.41, 5.74) is 0.716. The average Bonchev–Trinajstić information content (AvgIpc) is 3.27. The maximum atomic E-state index is 12.9. The van der Waals surface area contributed by atoms with Crippen LogP contribution < -0.4 is 0 Å². The van der Waals surface area contributed by atoms with Crippen molar-refractivity contribution in [3.8, 4) is 0 Å². The van der Waals surface area contributed by atoms with Gasteiger partial charge in [-0.05, 0) is 29.8 Å². The number of aldehydes is 1. The number of carbonyl (C=O) groups excluding carboxylic acids is 2. The third-order valence-electron chi connectivity index (χ3n) is 3.69. The van der Waals surface area contributed by atoms with E-state index in [-0.39, 0.29) is 18.5 Å². The summed E-state index contributed by atoms with van der Waals surface area (Å²) in [4.78, 5) is 26.1. The number of hydrogen-bond donors (Lipinski definition) is 1. The number of halogens is 4. The van der Waals surface area contributed by atoms with Crippen LogP contribution in [0, 0.1) is 5.82 Å². The summed E-state index contributed by atoms with van der Waals surface area (Å²) >= 11 is 0. The number of aromatic amines is 1. The Morgan fingerprint density at radius 1 is 1.19 bits per heavy atom. The SMILES string of the molecule is O=CC(=O)C(c1n[nH]c(C(F)(F)F)n1)c1ccc(Cc2ccc(F)cc2)o1. The van der Waals surface area contributed by atoms with Gasteiger partial charge in [0.05, 0.1) is 0 Å². The summed E-state index contributed by atoms with van der Waals surface area (Å²) in [7, 11) is 0. The number of ketones is 1. The number of furan rings is 1. The van der Waals surface area contributed by atoms with Gasteiger partial charge in [0.1, 0.15) is 23.3 Å². The molecule has 3 rings (SSSR count). The Hall–Kier alpha value is -3.30. The van der Waals surface area contributed by atoms with Gasteiger partial charge in [-0.3, -0.25) is 14.7 Å². The van der Waals surface area contributed by atoms with Gasteiger partial charge in [0, 0.05) is 6.42 Å². The van der Waals surface area contributed by atoms with Crippen LogP contribution in [0.4, 0.5) is 17.6 Å². The zero-order valence-electron chi connectivity index (χ0n) is 13.5. The van der Waals surface area contributed by atoms with E-state index in [9.17, 15) is 27.2 Å². The van der Waals surface area contributed by atoms with Crippen LogP contribution >= 0.6 is 0 Å². The molecule has 1 unspecified atom stereocenters. The smallest absolute Gasteiger partial charge is 0.451 e. The van der Waals surface area contributed by atoms with Gasteiger partial charge < -0.3 is 4.42 Å². The topological polar surface area (TPSA) is 88.9 Å². The minimum absolute atomic E-state index is 0.0313. The second kappa shape index (κ2) is 7.14. The summed E-state index contributed by atoms with van der Waals surface area (Å²) < 4.78 is 56.5. The molecular formula is C17H11F4N3O3. The maximum Gasteiger partial charge on any atom is 0.451 e. The van der Waals surface area contributed by atoms with Crippen LogP contribution in [0.5, 0.6) is 0 Å². The van der Waals surface area contributed by atoms with E-state index in [1.165, 1.54) is 36.4 Å². The van der Waals surface area contributed by atoms with Gasteiger partial charge in [-0.25, -0.2) is 9.37 Å². The number of nitrogens with zero attached hydrogens (tertiary/aromatic N) is 2. The lowest BCUT2D eigenvalue weighted by molar-refractivity contribution is -0.144. The molecule has 0 aliphatic heterocycles. The van der Waals surface area contributed by atoms with Crippen LogP contribution in [-0.4, -0.2) is 27.3 Å². The highest BCUT2D eigenvalue weighted by Gasteiger charge is 2.38. The van der Waals surface area contributed by atoms with Crippen LogP contribution in [0.3, 0.4) is 0 Å². The third-order valence-corrected chi connectivity index (χ3v) is 3.69. The molecule has 10 heteroatoms. The monoisotopic (exact) mass is 381 g/mol. The van der Waals surface area contributed by atoms with E-state index in [1.807, 2.05) is 0 Å². The molecular weight excluding hydrogens is 370 g/mol. The normalized spacial score (nSPS) is 12.7. The van der Waals surface area contributed by atoms with Gasteiger partial charge in [0.2, 0.25) is 11.6 Å². The van der Waals surface area contributed by atoms with Crippen LogP contribution in [-0.2, 0) is 22.2 Å². The molecule has 0 fully saturated rings. The minimum Gasteiger partial charge on any atom is -0.464 e. The van der Waals surface area contributed by atoms with Crippen molar-refractivity contribution in [3.63, 3.8) is 0 Å². The number of carbonyl (C=O) groups is 2. The summed E-state index contributed by atoms with van der Waals surface area (Å²) in [5, 5.41) is 5.09. The van der Waals surface area contributed by atoms with Crippen LogP contribution in [0.1, 0.15) is 34.7 Å². The number of rotatable bonds is 6. The zero-order chi connectivity index (χ0) is 19.6. The van der Waals surface area contributed by atoms with E-state index < -0.39 is 35.3 Å². The predicted octanol–water partition coefficient (Wildman–Crippen LogP) is 3.05. The summed E-state index contributed by atoms with van der Waals surface area (Å²) in [6.45, 7) is 0. The van der Waals surface area contributed by atoms with Crippen LogP contribution in [0.2, 0.25) is 0 Å². The first-order valence-electron chi connectivity index (χ1n) is 7.59. The van der Waals surface area contributed by atoms with Crippen molar-refractivity contribution in [1.82, 2.24) is 15.2 Å². The molecule has 0 bridgehead atoms. The molecule has 0 spiro atoms. The second-order valence-corrected chi connectivity index (χ2v) is 5.60. The van der Waals surface area contributed by atoms with Gasteiger partial charge in [-0.2, -0.15) is 18.3 Å². The summed E-state index contributed by atoms with van der Waals surface area (Å²) in [5.74, 6) is -4.58. The Morgan fingerprint density at radius 2 is 1.89 bits per heavy atom. The van der Waals surface area contributed by atoms with E-state index >= 15 is 0 Å². The molecule has 2 aromatic heterocycles. The van der Waals surface area contributed by atoms with Crippen molar-refractivity contribution in [2.45, 2.75) is 18.5 Å². The molecule has 0 aliphatic carbocycles. The highest BCUT2D eigenvalue weighted by Crippen LogP contribution is 2.30. The van der Waals surface area contributed by atoms with Crippen LogP contribution in [0.15, 0.2) is 40.8 Å². The molecule has 2 heterocycles. The van der Waals surface area contributed by atoms with Crippen molar-refractivity contribution in [2.24, 2.45) is 0 Å². The number of Topliss-reactive ketones (excluding diaryl/α,β-unsaturated/α-hetero) is 1. The molecule has 140 valence electrons. The molecule has 1 aromatic carbocycles. The minimum atomic E-state index is -4.78. The highest BCUT2D eigenvalue weighted by molar-refractivity contribution is 6.28. The van der Waals surface area contributed by atoms with Crippen molar-refractivity contribution < 1.29 is 31.6 Å². The molecule has 0 saturated carbocycles.